The highest BCUT2D eigenvalue weighted by atomic mass is 35.5. The molecule has 0 spiro atoms. The van der Waals surface area contributed by atoms with Crippen LogP contribution in [0.4, 0.5) is 0 Å². The van der Waals surface area contributed by atoms with Crippen molar-refractivity contribution in [3.05, 3.63) is 41.4 Å². The van der Waals surface area contributed by atoms with Gasteiger partial charge in [-0.25, -0.2) is 0 Å². The van der Waals surface area contributed by atoms with E-state index in [0.29, 0.717) is 42.2 Å². The number of allylic oxidation sites excluding steroid dienone is 2. The Morgan fingerprint density at radius 2 is 2.10 bits per heavy atom. The van der Waals surface area contributed by atoms with Crippen LogP contribution in [0.3, 0.4) is 0 Å². The van der Waals surface area contributed by atoms with Crippen molar-refractivity contribution >= 4 is 29.3 Å². The summed E-state index contributed by atoms with van der Waals surface area (Å²) in [6, 6.07) is 6.96. The first kappa shape index (κ1) is 24.0. The summed E-state index contributed by atoms with van der Waals surface area (Å²) in [5, 5.41) is 39.8. The Hall–Kier alpha value is -1.25. The Morgan fingerprint density at radius 3 is 2.83 bits per heavy atom. The van der Waals surface area contributed by atoms with E-state index in [4.69, 9.17) is 21.4 Å². The van der Waals surface area contributed by atoms with Gasteiger partial charge in [-0.3, -0.25) is 4.79 Å². The number of aliphatic hydroxyl groups excluding tert-OH is 3. The number of unbranched alkanes of at least 4 members (excludes halogenated alkanes) is 1. The predicted molar refractivity (Wildman–Crippen MR) is 115 cm³/mol. The largest absolute Gasteiger partial charge is 0.491 e. The summed E-state index contributed by atoms with van der Waals surface area (Å²) in [6.07, 6.45) is 4.28. The van der Waals surface area contributed by atoms with Gasteiger partial charge in [0.15, 0.2) is 0 Å². The summed E-state index contributed by atoms with van der Waals surface area (Å²) >= 11 is 7.35. The lowest BCUT2D eigenvalue weighted by Gasteiger charge is -2.23. The molecule has 2 rings (SSSR count). The normalized spacial score (nSPS) is 25.4. The molecule has 0 bridgehead atoms. The average Bonchev–Trinajstić information content (AvgIpc) is 2.93. The van der Waals surface area contributed by atoms with Crippen molar-refractivity contribution in [2.45, 2.75) is 55.7 Å². The van der Waals surface area contributed by atoms with Crippen molar-refractivity contribution in [3.8, 4) is 5.75 Å². The van der Waals surface area contributed by atoms with E-state index >= 15 is 0 Å². The quantitative estimate of drug-likeness (QED) is 0.290. The Labute approximate surface area is 180 Å². The zero-order chi connectivity index (χ0) is 21.2. The minimum atomic E-state index is -0.804. The van der Waals surface area contributed by atoms with Gasteiger partial charge in [0.05, 0.1) is 18.3 Å². The minimum Gasteiger partial charge on any atom is -0.491 e. The molecule has 0 amide bonds. The van der Waals surface area contributed by atoms with E-state index in [0.717, 1.165) is 0 Å². The molecule has 5 atom stereocenters. The molecular weight excluding hydrogens is 416 g/mol. The van der Waals surface area contributed by atoms with Crippen LogP contribution in [-0.4, -0.2) is 62.3 Å². The molecule has 1 aliphatic carbocycles. The molecular formula is C21H29ClO6S. The van der Waals surface area contributed by atoms with Crippen molar-refractivity contribution < 1.29 is 30.0 Å². The van der Waals surface area contributed by atoms with Crippen LogP contribution in [0.15, 0.2) is 36.4 Å². The number of aliphatic carboxylic acids is 1. The Kier molecular flexibility index (Phi) is 10.3. The van der Waals surface area contributed by atoms with Gasteiger partial charge in [-0.05, 0) is 37.5 Å². The van der Waals surface area contributed by atoms with Gasteiger partial charge in [0.25, 0.3) is 0 Å². The predicted octanol–water partition coefficient (Wildman–Crippen LogP) is 3.12. The van der Waals surface area contributed by atoms with Crippen LogP contribution in [0.5, 0.6) is 5.75 Å². The zero-order valence-electron chi connectivity index (χ0n) is 16.2. The van der Waals surface area contributed by atoms with Crippen molar-refractivity contribution in [3.63, 3.8) is 0 Å². The first-order valence-corrected chi connectivity index (χ1v) is 11.2. The maximum atomic E-state index is 10.5. The smallest absolute Gasteiger partial charge is 0.303 e. The summed E-state index contributed by atoms with van der Waals surface area (Å²) in [5.41, 5.74) is 0. The SMILES string of the molecule is O=C(O)CCCC=CCC1C(SCC(O)COc2cccc(Cl)c2)[C@H](O)C[C@@H]1O. The number of hydrogen-bond donors (Lipinski definition) is 4. The number of halogens is 1. The maximum absolute atomic E-state index is 10.5. The number of thioether (sulfide) groups is 1. The van der Waals surface area contributed by atoms with E-state index in [9.17, 15) is 20.1 Å². The third-order valence-corrected chi connectivity index (χ3v) is 6.70. The van der Waals surface area contributed by atoms with Crippen molar-refractivity contribution in [1.82, 2.24) is 0 Å². The van der Waals surface area contributed by atoms with E-state index in [1.54, 1.807) is 24.3 Å². The molecule has 8 heteroatoms. The first-order valence-electron chi connectivity index (χ1n) is 9.77. The number of carbonyl (C=O) groups is 1. The van der Waals surface area contributed by atoms with Crippen molar-refractivity contribution in [2.75, 3.05) is 12.4 Å². The lowest BCUT2D eigenvalue weighted by atomic mass is 10.0. The summed E-state index contributed by atoms with van der Waals surface area (Å²) in [5.74, 6) is 0.0612. The van der Waals surface area contributed by atoms with Gasteiger partial charge in [-0.1, -0.05) is 29.8 Å². The third kappa shape index (κ3) is 8.56. The summed E-state index contributed by atoms with van der Waals surface area (Å²) in [4.78, 5) is 10.5. The van der Waals surface area contributed by atoms with E-state index in [-0.39, 0.29) is 24.2 Å². The molecule has 1 fully saturated rings. The number of carboxylic acid groups (broad SMARTS) is 1. The maximum Gasteiger partial charge on any atom is 0.303 e. The van der Waals surface area contributed by atoms with Gasteiger partial charge in [-0.15, -0.1) is 0 Å². The highest BCUT2D eigenvalue weighted by molar-refractivity contribution is 8.00. The lowest BCUT2D eigenvalue weighted by Crippen LogP contribution is -2.28. The van der Waals surface area contributed by atoms with Gasteiger partial charge in [0, 0.05) is 34.8 Å². The highest BCUT2D eigenvalue weighted by Crippen LogP contribution is 2.38. The van der Waals surface area contributed by atoms with Crippen LogP contribution in [0.25, 0.3) is 0 Å². The van der Waals surface area contributed by atoms with Crippen molar-refractivity contribution in [2.24, 2.45) is 5.92 Å². The number of benzene rings is 1. The third-order valence-electron chi connectivity index (χ3n) is 4.83. The Morgan fingerprint density at radius 1 is 1.31 bits per heavy atom. The van der Waals surface area contributed by atoms with E-state index in [1.165, 1.54) is 11.8 Å². The Bertz CT molecular complexity index is 670. The van der Waals surface area contributed by atoms with Crippen LogP contribution in [0, 0.1) is 5.92 Å². The monoisotopic (exact) mass is 444 g/mol. The van der Waals surface area contributed by atoms with Crippen LogP contribution in [-0.2, 0) is 4.79 Å². The van der Waals surface area contributed by atoms with Crippen LogP contribution >= 0.6 is 23.4 Å². The molecule has 1 aromatic rings. The van der Waals surface area contributed by atoms with E-state index < -0.39 is 24.3 Å². The molecule has 1 saturated carbocycles. The fourth-order valence-corrected chi connectivity index (χ4v) is 4.94. The zero-order valence-corrected chi connectivity index (χ0v) is 17.8. The molecule has 0 saturated heterocycles. The highest BCUT2D eigenvalue weighted by Gasteiger charge is 2.41. The minimum absolute atomic E-state index is 0.105. The van der Waals surface area contributed by atoms with Crippen LogP contribution in [0.1, 0.15) is 32.1 Å². The molecule has 1 aromatic carbocycles. The summed E-state index contributed by atoms with van der Waals surface area (Å²) < 4.78 is 5.55. The van der Waals surface area contributed by atoms with E-state index in [1.807, 2.05) is 12.2 Å². The molecule has 0 heterocycles. The molecule has 29 heavy (non-hydrogen) atoms. The molecule has 6 nitrogen and oxygen atoms in total. The van der Waals surface area contributed by atoms with Gasteiger partial charge in [0.1, 0.15) is 12.4 Å². The summed E-state index contributed by atoms with van der Waals surface area (Å²) in [6.45, 7) is 0.118. The fraction of sp³-hybridized carbons (Fsp3) is 0.571. The standard InChI is InChI=1S/C21H29ClO6S/c22-14-6-5-7-16(10-14)28-12-15(23)13-29-21-17(18(24)11-19(21)25)8-3-1-2-4-9-20(26)27/h1,3,5-7,10,15,17-19,21,23-25H,2,4,8-9,11-13H2,(H,26,27)/t15?,17?,18-,19+,21?/m0/s1. The number of hydrogen-bond acceptors (Lipinski definition) is 6. The van der Waals surface area contributed by atoms with Crippen molar-refractivity contribution in [1.29, 1.82) is 0 Å². The van der Waals surface area contributed by atoms with Gasteiger partial charge >= 0.3 is 5.97 Å². The van der Waals surface area contributed by atoms with Crippen LogP contribution in [0.2, 0.25) is 5.02 Å². The Balaban J connectivity index is 1.75. The fourth-order valence-electron chi connectivity index (χ4n) is 3.35. The second-order valence-corrected chi connectivity index (χ2v) is 8.89. The van der Waals surface area contributed by atoms with E-state index in [2.05, 4.69) is 0 Å². The van der Waals surface area contributed by atoms with Gasteiger partial charge in [-0.2, -0.15) is 11.8 Å². The number of ether oxygens (including phenoxy) is 1. The van der Waals surface area contributed by atoms with Gasteiger partial charge < -0.3 is 25.2 Å². The lowest BCUT2D eigenvalue weighted by molar-refractivity contribution is -0.137. The second kappa shape index (κ2) is 12.4. The number of carboxylic acids is 1. The number of rotatable bonds is 12. The number of aliphatic hydroxyl groups is 3. The summed E-state index contributed by atoms with van der Waals surface area (Å²) in [7, 11) is 0. The molecule has 4 N–H and O–H groups in total. The molecule has 162 valence electrons. The topological polar surface area (TPSA) is 107 Å². The van der Waals surface area contributed by atoms with Crippen LogP contribution < -0.4 is 4.74 Å². The molecule has 0 aliphatic heterocycles. The molecule has 0 radical (unpaired) electrons. The first-order chi connectivity index (χ1) is 13.9. The average molecular weight is 445 g/mol. The van der Waals surface area contributed by atoms with Gasteiger partial charge in [0.2, 0.25) is 0 Å². The molecule has 3 unspecified atom stereocenters. The second-order valence-electron chi connectivity index (χ2n) is 7.25. The molecule has 0 aromatic heterocycles. The molecule has 1 aliphatic rings.